The summed E-state index contributed by atoms with van der Waals surface area (Å²) in [6, 6.07) is 9.26. The summed E-state index contributed by atoms with van der Waals surface area (Å²) in [6.07, 6.45) is 0. The first-order valence-corrected chi connectivity index (χ1v) is 10.1. The molecule has 1 amide bonds. The monoisotopic (exact) mass is 393 g/mol. The Bertz CT molecular complexity index is 849. The third-order valence-electron chi connectivity index (χ3n) is 4.02. The fourth-order valence-corrected chi connectivity index (χ4v) is 4.11. The minimum absolute atomic E-state index is 0.0835. The number of ether oxygens (including phenoxy) is 2. The Morgan fingerprint density at radius 2 is 1.88 bits per heavy atom. The van der Waals surface area contributed by atoms with Crippen molar-refractivity contribution in [1.82, 2.24) is 0 Å². The van der Waals surface area contributed by atoms with Gasteiger partial charge in [0.05, 0.1) is 5.02 Å². The lowest BCUT2D eigenvalue weighted by Gasteiger charge is -2.20. The molecule has 0 unspecified atom stereocenters. The molecular formula is C19H20ClNO4S. The summed E-state index contributed by atoms with van der Waals surface area (Å²) in [6.45, 7) is 4.76. The number of halogens is 1. The smallest absolute Gasteiger partial charge is 0.237 e. The van der Waals surface area contributed by atoms with Crippen LogP contribution in [0.15, 0.2) is 30.3 Å². The zero-order valence-corrected chi connectivity index (χ0v) is 16.2. The highest BCUT2D eigenvalue weighted by molar-refractivity contribution is 7.84. The summed E-state index contributed by atoms with van der Waals surface area (Å²) in [4.78, 5) is 12.2. The Labute approximate surface area is 160 Å². The molecular weight excluding hydrogens is 374 g/mol. The average Bonchev–Trinajstić information content (AvgIpc) is 2.58. The van der Waals surface area contributed by atoms with E-state index in [1.165, 1.54) is 0 Å². The summed E-state index contributed by atoms with van der Waals surface area (Å²) in [5.74, 6) is 0.927. The second-order valence-corrected chi connectivity index (χ2v) is 8.01. The van der Waals surface area contributed by atoms with Crippen molar-refractivity contribution in [2.45, 2.75) is 19.6 Å². The molecule has 2 aromatic carbocycles. The number of para-hydroxylation sites is 1. The topological polar surface area (TPSA) is 64.6 Å². The number of anilines is 1. The van der Waals surface area contributed by atoms with E-state index in [1.54, 1.807) is 12.1 Å². The van der Waals surface area contributed by atoms with E-state index in [1.807, 2.05) is 32.0 Å². The van der Waals surface area contributed by atoms with E-state index < -0.39 is 10.8 Å². The summed E-state index contributed by atoms with van der Waals surface area (Å²) in [7, 11) is -1.36. The molecule has 0 saturated heterocycles. The van der Waals surface area contributed by atoms with Gasteiger partial charge in [0.2, 0.25) is 5.91 Å². The first kappa shape index (κ1) is 18.7. The lowest BCUT2D eigenvalue weighted by molar-refractivity contribution is -0.113. The van der Waals surface area contributed by atoms with Crippen LogP contribution < -0.4 is 14.8 Å². The van der Waals surface area contributed by atoms with Crippen molar-refractivity contribution >= 4 is 34.0 Å². The van der Waals surface area contributed by atoms with Gasteiger partial charge in [0.1, 0.15) is 19.0 Å². The van der Waals surface area contributed by atoms with Crippen LogP contribution in [0, 0.1) is 13.8 Å². The molecule has 138 valence electrons. The van der Waals surface area contributed by atoms with Gasteiger partial charge in [0.25, 0.3) is 0 Å². The summed E-state index contributed by atoms with van der Waals surface area (Å²) in [5, 5.41) is 3.28. The van der Waals surface area contributed by atoms with E-state index in [4.69, 9.17) is 21.1 Å². The van der Waals surface area contributed by atoms with E-state index in [9.17, 15) is 9.00 Å². The van der Waals surface area contributed by atoms with Crippen molar-refractivity contribution in [3.8, 4) is 11.5 Å². The highest BCUT2D eigenvalue weighted by Gasteiger charge is 2.18. The first-order valence-electron chi connectivity index (χ1n) is 8.23. The molecule has 1 heterocycles. The van der Waals surface area contributed by atoms with Crippen molar-refractivity contribution in [2.75, 3.05) is 24.3 Å². The van der Waals surface area contributed by atoms with Crippen molar-refractivity contribution < 1.29 is 18.5 Å². The number of benzene rings is 2. The lowest BCUT2D eigenvalue weighted by Crippen LogP contribution is -2.21. The van der Waals surface area contributed by atoms with Crippen LogP contribution in [0.3, 0.4) is 0 Å². The summed E-state index contributed by atoms with van der Waals surface area (Å²) in [5.41, 5.74) is 3.47. The standard InChI is InChI=1S/C19H20ClNO4S/c1-12-4-3-5-13(2)18(12)21-17(22)11-26(23)10-14-8-15(20)19-16(9-14)24-6-7-25-19/h3-5,8-9H,6-7,10-11H2,1-2H3,(H,21,22)/t26-/m1/s1. The van der Waals surface area contributed by atoms with Gasteiger partial charge in [-0.15, -0.1) is 0 Å². The van der Waals surface area contributed by atoms with E-state index in [0.29, 0.717) is 29.7 Å². The van der Waals surface area contributed by atoms with Gasteiger partial charge >= 0.3 is 0 Å². The fourth-order valence-electron chi connectivity index (χ4n) is 2.82. The Kier molecular flexibility index (Phi) is 5.84. The number of aryl methyl sites for hydroxylation is 2. The maximum Gasteiger partial charge on any atom is 0.237 e. The maximum atomic E-state index is 12.4. The van der Waals surface area contributed by atoms with Gasteiger partial charge in [-0.1, -0.05) is 29.8 Å². The number of carbonyl (C=O) groups excluding carboxylic acids is 1. The van der Waals surface area contributed by atoms with Crippen LogP contribution >= 0.6 is 11.6 Å². The molecule has 0 spiro atoms. The number of carbonyl (C=O) groups is 1. The molecule has 26 heavy (non-hydrogen) atoms. The number of hydrogen-bond acceptors (Lipinski definition) is 4. The third-order valence-corrected chi connectivity index (χ3v) is 5.54. The second-order valence-electron chi connectivity index (χ2n) is 6.15. The normalized spacial score (nSPS) is 14.0. The van der Waals surface area contributed by atoms with Crippen LogP contribution in [0.5, 0.6) is 11.5 Å². The molecule has 3 rings (SSSR count). The number of rotatable bonds is 5. The van der Waals surface area contributed by atoms with E-state index in [0.717, 1.165) is 22.4 Å². The number of amides is 1. The second kappa shape index (κ2) is 8.10. The van der Waals surface area contributed by atoms with Gasteiger partial charge in [-0.05, 0) is 42.7 Å². The van der Waals surface area contributed by atoms with Crippen molar-refractivity contribution in [3.05, 3.63) is 52.0 Å². The van der Waals surface area contributed by atoms with Crippen molar-refractivity contribution in [2.24, 2.45) is 0 Å². The average molecular weight is 394 g/mol. The van der Waals surface area contributed by atoms with E-state index >= 15 is 0 Å². The molecule has 1 N–H and O–H groups in total. The highest BCUT2D eigenvalue weighted by atomic mass is 35.5. The van der Waals surface area contributed by atoms with Gasteiger partial charge in [0.15, 0.2) is 11.5 Å². The number of hydrogen-bond donors (Lipinski definition) is 1. The fraction of sp³-hybridized carbons (Fsp3) is 0.316. The minimum atomic E-state index is -1.36. The van der Waals surface area contributed by atoms with Crippen LogP contribution in [0.25, 0.3) is 0 Å². The van der Waals surface area contributed by atoms with Crippen LogP contribution in [0.2, 0.25) is 5.02 Å². The third kappa shape index (κ3) is 4.37. The van der Waals surface area contributed by atoms with E-state index in [-0.39, 0.29) is 17.4 Å². The van der Waals surface area contributed by atoms with Gasteiger partial charge in [-0.25, -0.2) is 0 Å². The Balaban J connectivity index is 1.64. The number of fused-ring (bicyclic) bond motifs is 1. The molecule has 1 aliphatic rings. The SMILES string of the molecule is Cc1cccc(C)c1NC(=O)C[S@](=O)Cc1cc(Cl)c2c(c1)OCCO2. The van der Waals surface area contributed by atoms with Crippen LogP contribution in [-0.4, -0.2) is 29.1 Å². The van der Waals surface area contributed by atoms with Gasteiger partial charge in [0, 0.05) is 22.2 Å². The molecule has 0 fully saturated rings. The minimum Gasteiger partial charge on any atom is -0.486 e. The molecule has 0 aliphatic carbocycles. The molecule has 0 radical (unpaired) electrons. The van der Waals surface area contributed by atoms with Gasteiger partial charge < -0.3 is 14.8 Å². The first-order chi connectivity index (χ1) is 12.4. The molecule has 1 atom stereocenters. The summed E-state index contributed by atoms with van der Waals surface area (Å²) >= 11 is 6.20. The van der Waals surface area contributed by atoms with Gasteiger partial charge in [-0.3, -0.25) is 9.00 Å². The predicted octanol–water partition coefficient (Wildman–Crippen LogP) is 3.62. The van der Waals surface area contributed by atoms with Crippen LogP contribution in [0.4, 0.5) is 5.69 Å². The molecule has 0 aromatic heterocycles. The molecule has 2 aromatic rings. The van der Waals surface area contributed by atoms with Crippen LogP contribution in [0.1, 0.15) is 16.7 Å². The Morgan fingerprint density at radius 1 is 1.19 bits per heavy atom. The zero-order valence-electron chi connectivity index (χ0n) is 14.6. The van der Waals surface area contributed by atoms with Crippen LogP contribution in [-0.2, 0) is 21.3 Å². The zero-order chi connectivity index (χ0) is 18.7. The Morgan fingerprint density at radius 3 is 2.62 bits per heavy atom. The molecule has 1 aliphatic heterocycles. The summed E-state index contributed by atoms with van der Waals surface area (Å²) < 4.78 is 23.4. The highest BCUT2D eigenvalue weighted by Crippen LogP contribution is 2.38. The van der Waals surface area contributed by atoms with Crippen molar-refractivity contribution in [3.63, 3.8) is 0 Å². The van der Waals surface area contributed by atoms with Gasteiger partial charge in [-0.2, -0.15) is 0 Å². The lowest BCUT2D eigenvalue weighted by atomic mass is 10.1. The molecule has 7 heteroatoms. The van der Waals surface area contributed by atoms with E-state index in [2.05, 4.69) is 5.32 Å². The Hall–Kier alpha value is -2.05. The predicted molar refractivity (Wildman–Crippen MR) is 104 cm³/mol. The quantitative estimate of drug-likeness (QED) is 0.842. The molecule has 0 saturated carbocycles. The maximum absolute atomic E-state index is 12.4. The number of nitrogens with one attached hydrogen (secondary N) is 1. The molecule has 5 nitrogen and oxygen atoms in total. The molecule has 0 bridgehead atoms. The largest absolute Gasteiger partial charge is 0.486 e. The van der Waals surface area contributed by atoms with Crippen molar-refractivity contribution in [1.29, 1.82) is 0 Å².